The third-order valence-corrected chi connectivity index (χ3v) is 3.81. The van der Waals surface area contributed by atoms with Crippen LogP contribution in [0.5, 0.6) is 0 Å². The molecule has 0 aromatic heterocycles. The van der Waals surface area contributed by atoms with Gasteiger partial charge in [0.2, 0.25) is 5.91 Å². The van der Waals surface area contributed by atoms with Crippen LogP contribution in [0.1, 0.15) is 30.4 Å². The summed E-state index contributed by atoms with van der Waals surface area (Å²) in [6, 6.07) is 2.25. The molecule has 0 spiro atoms. The first kappa shape index (κ1) is 17.6. The van der Waals surface area contributed by atoms with E-state index in [1.165, 1.54) is 6.07 Å². The van der Waals surface area contributed by atoms with Crippen molar-refractivity contribution < 1.29 is 31.1 Å². The van der Waals surface area contributed by atoms with Gasteiger partial charge in [0.05, 0.1) is 12.0 Å². The Hall–Kier alpha value is -1.73. The van der Waals surface area contributed by atoms with Crippen molar-refractivity contribution in [1.29, 1.82) is 0 Å². The molecule has 8 heteroatoms. The monoisotopic (exact) mass is 339 g/mol. The lowest BCUT2D eigenvalue weighted by atomic mass is 10.00. The first-order valence-corrected chi connectivity index (χ1v) is 7.11. The minimum absolute atomic E-state index is 0.0258. The van der Waals surface area contributed by atoms with Gasteiger partial charge in [0.15, 0.2) is 0 Å². The molecule has 1 atom stereocenters. The topological polar surface area (TPSA) is 20.3 Å². The average Bonchev–Trinajstić information content (AvgIpc) is 2.46. The van der Waals surface area contributed by atoms with Crippen LogP contribution >= 0.6 is 0 Å². The number of piperidine rings is 1. The molecule has 1 heterocycles. The zero-order chi connectivity index (χ0) is 17.3. The van der Waals surface area contributed by atoms with E-state index in [0.29, 0.717) is 12.8 Å². The Balaban J connectivity index is 2.15. The number of halogens is 6. The molecule has 2 nitrogen and oxygen atoms in total. The van der Waals surface area contributed by atoms with E-state index in [-0.39, 0.29) is 18.5 Å². The van der Waals surface area contributed by atoms with Crippen LogP contribution in [0.4, 0.5) is 26.3 Å². The van der Waals surface area contributed by atoms with Crippen molar-refractivity contribution in [3.63, 3.8) is 0 Å². The van der Waals surface area contributed by atoms with Crippen molar-refractivity contribution in [3.8, 4) is 0 Å². The Labute approximate surface area is 129 Å². The van der Waals surface area contributed by atoms with E-state index in [0.717, 1.165) is 23.1 Å². The number of alkyl halides is 6. The van der Waals surface area contributed by atoms with Crippen molar-refractivity contribution >= 4 is 5.91 Å². The molecule has 0 saturated carbocycles. The third-order valence-electron chi connectivity index (χ3n) is 3.81. The van der Waals surface area contributed by atoms with Gasteiger partial charge in [-0.3, -0.25) is 4.79 Å². The fourth-order valence-corrected chi connectivity index (χ4v) is 2.70. The lowest BCUT2D eigenvalue weighted by molar-refractivity contribution is -0.195. The second kappa shape index (κ2) is 6.41. The number of carbonyl (C=O) groups is 1. The molecule has 0 radical (unpaired) electrons. The maximum atomic E-state index is 13.0. The van der Waals surface area contributed by atoms with Crippen molar-refractivity contribution in [2.24, 2.45) is 0 Å². The van der Waals surface area contributed by atoms with Crippen LogP contribution < -0.4 is 0 Å². The molecule has 0 aliphatic carbocycles. The molecule has 2 rings (SSSR count). The lowest BCUT2D eigenvalue weighted by Gasteiger charge is -2.36. The molecule has 1 unspecified atom stereocenters. The number of hydrogen-bond acceptors (Lipinski definition) is 1. The number of rotatable bonds is 2. The predicted molar refractivity (Wildman–Crippen MR) is 70.6 cm³/mol. The van der Waals surface area contributed by atoms with Gasteiger partial charge >= 0.3 is 12.4 Å². The second-order valence-corrected chi connectivity index (χ2v) is 5.52. The molecular formula is C15H15F6NO. The van der Waals surface area contributed by atoms with Gasteiger partial charge in [0.25, 0.3) is 0 Å². The highest BCUT2D eigenvalue weighted by atomic mass is 19.4. The predicted octanol–water partition coefficient (Wildman–Crippen LogP) is 4.19. The molecule has 1 amide bonds. The minimum Gasteiger partial charge on any atom is -0.330 e. The van der Waals surface area contributed by atoms with Crippen molar-refractivity contribution in [3.05, 3.63) is 35.4 Å². The van der Waals surface area contributed by atoms with Crippen LogP contribution in [0.25, 0.3) is 0 Å². The summed E-state index contributed by atoms with van der Waals surface area (Å²) in [6.07, 6.45) is -8.89. The molecule has 1 saturated heterocycles. The van der Waals surface area contributed by atoms with E-state index < -0.39 is 36.3 Å². The summed E-state index contributed by atoms with van der Waals surface area (Å²) < 4.78 is 76.8. The van der Waals surface area contributed by atoms with Crippen molar-refractivity contribution in [2.75, 3.05) is 6.54 Å². The molecule has 128 valence electrons. The normalized spacial score (nSPS) is 19.7. The van der Waals surface area contributed by atoms with Crippen LogP contribution in [-0.4, -0.2) is 29.6 Å². The lowest BCUT2D eigenvalue weighted by Crippen LogP contribution is -2.51. The Morgan fingerprint density at radius 2 is 1.83 bits per heavy atom. The number of amides is 1. The zero-order valence-electron chi connectivity index (χ0n) is 12.0. The molecule has 1 aliphatic rings. The molecule has 1 aromatic rings. The largest absolute Gasteiger partial charge is 0.416 e. The summed E-state index contributed by atoms with van der Waals surface area (Å²) in [6.45, 7) is -0.0258. The molecule has 1 aliphatic heterocycles. The van der Waals surface area contributed by atoms with Gasteiger partial charge in [-0.05, 0) is 30.9 Å². The van der Waals surface area contributed by atoms with Crippen LogP contribution in [0.3, 0.4) is 0 Å². The molecule has 1 aromatic carbocycles. The van der Waals surface area contributed by atoms with Gasteiger partial charge in [0.1, 0.15) is 6.04 Å². The van der Waals surface area contributed by atoms with Crippen LogP contribution in [0, 0.1) is 0 Å². The molecule has 0 N–H and O–H groups in total. The van der Waals surface area contributed by atoms with Crippen LogP contribution in [0.15, 0.2) is 24.3 Å². The van der Waals surface area contributed by atoms with Crippen molar-refractivity contribution in [2.45, 2.75) is 44.1 Å². The molecule has 23 heavy (non-hydrogen) atoms. The first-order chi connectivity index (χ1) is 10.6. The van der Waals surface area contributed by atoms with Gasteiger partial charge in [-0.2, -0.15) is 26.3 Å². The zero-order valence-corrected chi connectivity index (χ0v) is 12.0. The Kier molecular flexibility index (Phi) is 4.91. The first-order valence-electron chi connectivity index (χ1n) is 7.11. The van der Waals surface area contributed by atoms with Crippen LogP contribution in [0.2, 0.25) is 0 Å². The maximum Gasteiger partial charge on any atom is 0.416 e. The number of likely N-dealkylation sites (tertiary alicyclic amines) is 1. The van der Waals surface area contributed by atoms with Crippen LogP contribution in [-0.2, 0) is 17.4 Å². The molecule has 1 fully saturated rings. The van der Waals surface area contributed by atoms with Gasteiger partial charge in [-0.15, -0.1) is 0 Å². The minimum atomic E-state index is -4.56. The number of nitrogens with zero attached hydrogens (tertiary/aromatic N) is 1. The summed E-state index contributed by atoms with van der Waals surface area (Å²) in [4.78, 5) is 12.9. The summed E-state index contributed by atoms with van der Waals surface area (Å²) in [5.41, 5.74) is -0.870. The summed E-state index contributed by atoms with van der Waals surface area (Å²) >= 11 is 0. The fraction of sp³-hybridized carbons (Fsp3) is 0.533. The van der Waals surface area contributed by atoms with Gasteiger partial charge in [-0.1, -0.05) is 18.2 Å². The van der Waals surface area contributed by atoms with E-state index in [9.17, 15) is 31.1 Å². The average molecular weight is 339 g/mol. The summed E-state index contributed by atoms with van der Waals surface area (Å²) in [7, 11) is 0. The molecular weight excluding hydrogens is 324 g/mol. The molecule has 0 bridgehead atoms. The van der Waals surface area contributed by atoms with Crippen molar-refractivity contribution in [1.82, 2.24) is 4.90 Å². The maximum absolute atomic E-state index is 13.0. The Morgan fingerprint density at radius 3 is 2.43 bits per heavy atom. The number of hydrogen-bond donors (Lipinski definition) is 0. The quantitative estimate of drug-likeness (QED) is 0.740. The van der Waals surface area contributed by atoms with Gasteiger partial charge in [0, 0.05) is 6.54 Å². The van der Waals surface area contributed by atoms with E-state index in [1.807, 2.05) is 0 Å². The standard InChI is InChI=1S/C15H15F6NO/c16-14(17,18)11-5-3-4-10(8-11)9-13(23)22-7-2-1-6-12(22)15(19,20)21/h3-5,8,12H,1-2,6-7,9H2. The highest BCUT2D eigenvalue weighted by Gasteiger charge is 2.46. The van der Waals surface area contributed by atoms with Gasteiger partial charge < -0.3 is 4.90 Å². The van der Waals surface area contributed by atoms with E-state index in [4.69, 9.17) is 0 Å². The summed E-state index contributed by atoms with van der Waals surface area (Å²) in [5, 5.41) is 0. The smallest absolute Gasteiger partial charge is 0.330 e. The second-order valence-electron chi connectivity index (χ2n) is 5.52. The number of carbonyl (C=O) groups excluding carboxylic acids is 1. The fourth-order valence-electron chi connectivity index (χ4n) is 2.70. The Morgan fingerprint density at radius 1 is 1.13 bits per heavy atom. The van der Waals surface area contributed by atoms with E-state index in [1.54, 1.807) is 0 Å². The third kappa shape index (κ3) is 4.39. The van der Waals surface area contributed by atoms with Gasteiger partial charge in [-0.25, -0.2) is 0 Å². The Bertz CT molecular complexity index is 566. The van der Waals surface area contributed by atoms with E-state index in [2.05, 4.69) is 0 Å². The number of benzene rings is 1. The van der Waals surface area contributed by atoms with E-state index >= 15 is 0 Å². The highest BCUT2D eigenvalue weighted by Crippen LogP contribution is 2.33. The highest BCUT2D eigenvalue weighted by molar-refractivity contribution is 5.79. The summed E-state index contributed by atoms with van der Waals surface area (Å²) in [5.74, 6) is -0.800. The SMILES string of the molecule is O=C(Cc1cccc(C(F)(F)F)c1)N1CCCCC1C(F)(F)F.